The van der Waals surface area contributed by atoms with Crippen molar-refractivity contribution in [3.05, 3.63) is 48.6 Å². The van der Waals surface area contributed by atoms with Crippen molar-refractivity contribution in [3.8, 4) is 0 Å². The van der Waals surface area contributed by atoms with E-state index in [-0.39, 0.29) is 12.1 Å². The molecule has 0 saturated heterocycles. The van der Waals surface area contributed by atoms with Crippen LogP contribution in [0.2, 0.25) is 0 Å². The van der Waals surface area contributed by atoms with Gasteiger partial charge in [-0.15, -0.1) is 6.58 Å². The highest BCUT2D eigenvalue weighted by Crippen LogP contribution is 2.25. The second kappa shape index (κ2) is 8.41. The molecular weight excluding hydrogens is 248 g/mol. The molecule has 1 atom stereocenters. The number of nitrogens with one attached hydrogen (secondary N) is 1. The lowest BCUT2D eigenvalue weighted by molar-refractivity contribution is 0.164. The van der Waals surface area contributed by atoms with Crippen LogP contribution in [0.1, 0.15) is 38.8 Å². The van der Waals surface area contributed by atoms with E-state index in [1.807, 2.05) is 23.1 Å². The summed E-state index contributed by atoms with van der Waals surface area (Å²) in [6.07, 6.45) is 2.60. The minimum Gasteiger partial charge on any atom is -0.335 e. The highest BCUT2D eigenvalue weighted by molar-refractivity contribution is 5.75. The van der Waals surface area contributed by atoms with Gasteiger partial charge in [-0.05, 0) is 17.9 Å². The first-order valence-electron chi connectivity index (χ1n) is 7.30. The summed E-state index contributed by atoms with van der Waals surface area (Å²) in [7, 11) is 0. The molecule has 3 heteroatoms. The van der Waals surface area contributed by atoms with Crippen molar-refractivity contribution >= 4 is 6.03 Å². The van der Waals surface area contributed by atoms with Crippen LogP contribution in [0.5, 0.6) is 0 Å². The number of rotatable bonds is 7. The smallest absolute Gasteiger partial charge is 0.318 e. The zero-order valence-corrected chi connectivity index (χ0v) is 12.8. The van der Waals surface area contributed by atoms with Crippen LogP contribution < -0.4 is 5.32 Å². The fraction of sp³-hybridized carbons (Fsp3) is 0.471. The zero-order valence-electron chi connectivity index (χ0n) is 12.8. The Morgan fingerprint density at radius 2 is 2.00 bits per heavy atom. The van der Waals surface area contributed by atoms with Gasteiger partial charge >= 0.3 is 6.03 Å². The molecule has 0 radical (unpaired) electrons. The first kappa shape index (κ1) is 16.3. The number of benzene rings is 1. The number of carbonyl (C=O) groups excluding carboxylic acids is 1. The number of hydrogen-bond donors (Lipinski definition) is 1. The van der Waals surface area contributed by atoms with Crippen molar-refractivity contribution in [1.29, 1.82) is 0 Å². The van der Waals surface area contributed by atoms with Crippen LogP contribution in [0.25, 0.3) is 0 Å². The van der Waals surface area contributed by atoms with Crippen molar-refractivity contribution in [3.63, 3.8) is 0 Å². The van der Waals surface area contributed by atoms with Gasteiger partial charge in [0.2, 0.25) is 0 Å². The Morgan fingerprint density at radius 1 is 1.35 bits per heavy atom. The van der Waals surface area contributed by atoms with E-state index >= 15 is 0 Å². The molecule has 0 aliphatic heterocycles. The highest BCUT2D eigenvalue weighted by Gasteiger charge is 2.23. The van der Waals surface area contributed by atoms with E-state index in [1.54, 1.807) is 6.08 Å². The van der Waals surface area contributed by atoms with Gasteiger partial charge < -0.3 is 10.2 Å². The number of nitrogens with zero attached hydrogens (tertiary/aromatic N) is 1. The summed E-state index contributed by atoms with van der Waals surface area (Å²) in [6.45, 7) is 11.3. The van der Waals surface area contributed by atoms with Crippen LogP contribution in [0.3, 0.4) is 0 Å². The summed E-state index contributed by atoms with van der Waals surface area (Å²) in [6, 6.07) is 10.3. The van der Waals surface area contributed by atoms with Crippen LogP contribution in [0, 0.1) is 5.92 Å². The second-order valence-electron chi connectivity index (χ2n) is 5.36. The quantitative estimate of drug-likeness (QED) is 0.749. The Bertz CT molecular complexity index is 414. The van der Waals surface area contributed by atoms with Crippen molar-refractivity contribution in [2.24, 2.45) is 5.92 Å². The second-order valence-corrected chi connectivity index (χ2v) is 5.36. The Kier molecular flexibility index (Phi) is 6.85. The molecule has 0 aromatic heterocycles. The monoisotopic (exact) mass is 274 g/mol. The van der Waals surface area contributed by atoms with E-state index in [0.29, 0.717) is 12.5 Å². The van der Waals surface area contributed by atoms with Crippen molar-refractivity contribution < 1.29 is 4.79 Å². The van der Waals surface area contributed by atoms with Gasteiger partial charge in [0.15, 0.2) is 0 Å². The third-order valence-corrected chi connectivity index (χ3v) is 3.17. The lowest BCUT2D eigenvalue weighted by atomic mass is 10.0. The summed E-state index contributed by atoms with van der Waals surface area (Å²) in [5, 5.41) is 2.89. The minimum absolute atomic E-state index is 0.0192. The predicted molar refractivity (Wildman–Crippen MR) is 84.6 cm³/mol. The van der Waals surface area contributed by atoms with Crippen molar-refractivity contribution in [2.75, 3.05) is 13.1 Å². The molecule has 110 valence electrons. The van der Waals surface area contributed by atoms with Gasteiger partial charge in [-0.2, -0.15) is 0 Å². The normalized spacial score (nSPS) is 12.0. The van der Waals surface area contributed by atoms with Gasteiger partial charge in [0, 0.05) is 13.1 Å². The topological polar surface area (TPSA) is 32.3 Å². The molecular formula is C17H26N2O. The van der Waals surface area contributed by atoms with Crippen LogP contribution in [0.15, 0.2) is 43.0 Å². The fourth-order valence-electron chi connectivity index (χ4n) is 2.32. The molecule has 0 heterocycles. The lowest BCUT2D eigenvalue weighted by Gasteiger charge is -2.33. The molecule has 0 fully saturated rings. The molecule has 0 aliphatic carbocycles. The van der Waals surface area contributed by atoms with Crippen LogP contribution in [-0.2, 0) is 0 Å². The maximum Gasteiger partial charge on any atom is 0.318 e. The third kappa shape index (κ3) is 4.72. The van der Waals surface area contributed by atoms with Gasteiger partial charge in [-0.1, -0.05) is 57.2 Å². The van der Waals surface area contributed by atoms with E-state index in [2.05, 4.69) is 44.8 Å². The molecule has 0 saturated carbocycles. The fourth-order valence-corrected chi connectivity index (χ4v) is 2.32. The van der Waals surface area contributed by atoms with Crippen LogP contribution in [0.4, 0.5) is 4.79 Å². The van der Waals surface area contributed by atoms with Gasteiger partial charge in [-0.25, -0.2) is 4.79 Å². The van der Waals surface area contributed by atoms with Crippen molar-refractivity contribution in [2.45, 2.75) is 33.2 Å². The highest BCUT2D eigenvalue weighted by atomic mass is 16.2. The molecule has 3 nitrogen and oxygen atoms in total. The summed E-state index contributed by atoms with van der Waals surface area (Å²) in [4.78, 5) is 14.3. The molecule has 1 rings (SSSR count). The van der Waals surface area contributed by atoms with Crippen LogP contribution >= 0.6 is 0 Å². The third-order valence-electron chi connectivity index (χ3n) is 3.17. The molecule has 1 aromatic rings. The molecule has 0 spiro atoms. The molecule has 2 amide bonds. The number of amides is 2. The molecule has 0 bridgehead atoms. The molecule has 20 heavy (non-hydrogen) atoms. The SMILES string of the molecule is C=CCNC(=O)N(CC(C)C)[C@@H](CC)c1ccccc1. The first-order chi connectivity index (χ1) is 9.60. The predicted octanol–water partition coefficient (Wildman–Crippen LogP) is 3.99. The maximum atomic E-state index is 12.4. The summed E-state index contributed by atoms with van der Waals surface area (Å²) < 4.78 is 0. The minimum atomic E-state index is -0.0192. The first-order valence-corrected chi connectivity index (χ1v) is 7.30. The van der Waals surface area contributed by atoms with Gasteiger partial charge in [-0.3, -0.25) is 0 Å². The van der Waals surface area contributed by atoms with Crippen LogP contribution in [-0.4, -0.2) is 24.0 Å². The van der Waals surface area contributed by atoms with E-state index < -0.39 is 0 Å². The Balaban J connectivity index is 2.94. The Labute approximate surface area is 122 Å². The largest absolute Gasteiger partial charge is 0.335 e. The molecule has 0 aliphatic rings. The standard InChI is InChI=1S/C17H26N2O/c1-5-12-18-17(20)19(13-14(3)4)16(6-2)15-10-8-7-9-11-15/h5,7-11,14,16H,1,6,12-13H2,2-4H3,(H,18,20)/t16-/m0/s1. The van der Waals surface area contributed by atoms with Gasteiger partial charge in [0.25, 0.3) is 0 Å². The summed E-state index contributed by atoms with van der Waals surface area (Å²) in [5.74, 6) is 0.433. The summed E-state index contributed by atoms with van der Waals surface area (Å²) >= 11 is 0. The summed E-state index contributed by atoms with van der Waals surface area (Å²) in [5.41, 5.74) is 1.18. The Hall–Kier alpha value is -1.77. The number of hydrogen-bond acceptors (Lipinski definition) is 1. The molecule has 1 N–H and O–H groups in total. The van der Waals surface area contributed by atoms with E-state index in [9.17, 15) is 4.79 Å². The average molecular weight is 274 g/mol. The van der Waals surface area contributed by atoms with Gasteiger partial charge in [0.05, 0.1) is 6.04 Å². The van der Waals surface area contributed by atoms with E-state index in [4.69, 9.17) is 0 Å². The lowest BCUT2D eigenvalue weighted by Crippen LogP contribution is -2.44. The number of urea groups is 1. The van der Waals surface area contributed by atoms with E-state index in [1.165, 1.54) is 5.56 Å². The van der Waals surface area contributed by atoms with E-state index in [0.717, 1.165) is 13.0 Å². The molecule has 1 aromatic carbocycles. The zero-order chi connectivity index (χ0) is 15.0. The average Bonchev–Trinajstić information content (AvgIpc) is 2.45. The Morgan fingerprint density at radius 3 is 2.50 bits per heavy atom. The molecule has 0 unspecified atom stereocenters. The van der Waals surface area contributed by atoms with Gasteiger partial charge in [0.1, 0.15) is 0 Å². The maximum absolute atomic E-state index is 12.4. The van der Waals surface area contributed by atoms with Crippen molar-refractivity contribution in [1.82, 2.24) is 10.2 Å². The number of carbonyl (C=O) groups is 1.